The molecule has 0 radical (unpaired) electrons. The van der Waals surface area contributed by atoms with Crippen LogP contribution >= 0.6 is 0 Å². The molecule has 144 valence electrons. The van der Waals surface area contributed by atoms with Crippen molar-refractivity contribution in [2.45, 2.75) is 43.9 Å². The number of nitrogens with zero attached hydrogens (tertiary/aromatic N) is 1. The van der Waals surface area contributed by atoms with Gasteiger partial charge in [-0.3, -0.25) is 4.99 Å². The molecule has 1 atom stereocenters. The van der Waals surface area contributed by atoms with Crippen molar-refractivity contribution in [3.63, 3.8) is 0 Å². The highest BCUT2D eigenvalue weighted by molar-refractivity contribution is 5.79. The fourth-order valence-corrected chi connectivity index (χ4v) is 4.47. The fourth-order valence-electron chi connectivity index (χ4n) is 4.47. The van der Waals surface area contributed by atoms with Crippen molar-refractivity contribution < 1.29 is 9.84 Å². The molecule has 0 aromatic heterocycles. The summed E-state index contributed by atoms with van der Waals surface area (Å²) in [6, 6.07) is 10.9. The summed E-state index contributed by atoms with van der Waals surface area (Å²) in [5.74, 6) is 0.844. The van der Waals surface area contributed by atoms with E-state index >= 15 is 0 Å². The minimum atomic E-state index is 0.0246. The van der Waals surface area contributed by atoms with Crippen LogP contribution in [0.5, 0.6) is 0 Å². The lowest BCUT2D eigenvalue weighted by atomic mass is 9.79. The highest BCUT2D eigenvalue weighted by Crippen LogP contribution is 2.40. The number of rotatable bonds is 7. The van der Waals surface area contributed by atoms with Crippen molar-refractivity contribution in [3.05, 3.63) is 35.9 Å². The van der Waals surface area contributed by atoms with Crippen LogP contribution in [0, 0.1) is 5.41 Å². The molecule has 26 heavy (non-hydrogen) atoms. The first kappa shape index (κ1) is 19.2. The fraction of sp³-hybridized carbons (Fsp3) is 0.667. The van der Waals surface area contributed by atoms with E-state index in [1.807, 2.05) is 7.05 Å². The number of nitrogens with one attached hydrogen (secondary N) is 2. The van der Waals surface area contributed by atoms with E-state index in [4.69, 9.17) is 4.74 Å². The first-order valence-corrected chi connectivity index (χ1v) is 9.91. The standard InChI is InChI=1S/C21H33N3O2/c1-22-19(23-15-20(11-13-25)12-14-26-17-20)24-16-21(9-5-6-10-21)18-7-3-2-4-8-18/h2-4,7-8,25H,5-6,9-17H2,1H3,(H2,22,23,24). The van der Waals surface area contributed by atoms with Gasteiger partial charge in [-0.2, -0.15) is 0 Å². The molecule has 1 aliphatic heterocycles. The Morgan fingerprint density at radius 1 is 1.12 bits per heavy atom. The van der Waals surface area contributed by atoms with E-state index < -0.39 is 0 Å². The van der Waals surface area contributed by atoms with Gasteiger partial charge < -0.3 is 20.5 Å². The molecule has 3 N–H and O–H groups in total. The molecule has 0 amide bonds. The summed E-state index contributed by atoms with van der Waals surface area (Å²) in [6.07, 6.45) is 6.79. The number of hydrogen-bond donors (Lipinski definition) is 3. The summed E-state index contributed by atoms with van der Waals surface area (Å²) in [4.78, 5) is 4.42. The Hall–Kier alpha value is -1.59. The third-order valence-electron chi connectivity index (χ3n) is 6.22. The van der Waals surface area contributed by atoms with Gasteiger partial charge in [0, 0.05) is 44.2 Å². The first-order valence-electron chi connectivity index (χ1n) is 9.91. The molecule has 0 bridgehead atoms. The van der Waals surface area contributed by atoms with Crippen molar-refractivity contribution in [3.8, 4) is 0 Å². The third kappa shape index (κ3) is 4.38. The second kappa shape index (κ2) is 8.87. The van der Waals surface area contributed by atoms with E-state index in [1.165, 1.54) is 31.2 Å². The Labute approximate surface area is 157 Å². The zero-order valence-corrected chi connectivity index (χ0v) is 16.0. The molecule has 1 aliphatic carbocycles. The average molecular weight is 360 g/mol. The Kier molecular flexibility index (Phi) is 6.54. The lowest BCUT2D eigenvalue weighted by Crippen LogP contribution is -2.48. The summed E-state index contributed by atoms with van der Waals surface area (Å²) in [5, 5.41) is 16.4. The van der Waals surface area contributed by atoms with Gasteiger partial charge in [0.25, 0.3) is 0 Å². The molecule has 2 aliphatic rings. The number of ether oxygens (including phenoxy) is 1. The molecule has 1 heterocycles. The summed E-state index contributed by atoms with van der Waals surface area (Å²) in [7, 11) is 1.82. The van der Waals surface area contributed by atoms with Gasteiger partial charge in [0.05, 0.1) is 6.61 Å². The van der Waals surface area contributed by atoms with Gasteiger partial charge in [0.1, 0.15) is 0 Å². The number of aliphatic hydroxyl groups excluding tert-OH is 1. The van der Waals surface area contributed by atoms with Crippen LogP contribution in [0.15, 0.2) is 35.3 Å². The van der Waals surface area contributed by atoms with Crippen molar-refractivity contribution >= 4 is 5.96 Å². The predicted octanol–water partition coefficient (Wildman–Crippen LogP) is 2.45. The van der Waals surface area contributed by atoms with E-state index in [0.717, 1.165) is 38.5 Å². The summed E-state index contributed by atoms with van der Waals surface area (Å²) in [5.41, 5.74) is 1.66. The number of aliphatic imine (C=N–C) groups is 1. The van der Waals surface area contributed by atoms with Gasteiger partial charge in [-0.05, 0) is 31.2 Å². The molecule has 5 heteroatoms. The van der Waals surface area contributed by atoms with E-state index in [0.29, 0.717) is 6.61 Å². The highest BCUT2D eigenvalue weighted by Gasteiger charge is 2.36. The average Bonchev–Trinajstić information content (AvgIpc) is 3.34. The minimum absolute atomic E-state index is 0.0246. The molecule has 0 spiro atoms. The van der Waals surface area contributed by atoms with Crippen molar-refractivity contribution in [1.29, 1.82) is 0 Å². The molecule has 1 unspecified atom stereocenters. The number of guanidine groups is 1. The van der Waals surface area contributed by atoms with Crippen molar-refractivity contribution in [2.24, 2.45) is 10.4 Å². The molecule has 1 saturated carbocycles. The van der Waals surface area contributed by atoms with Gasteiger partial charge in [-0.15, -0.1) is 0 Å². The molecule has 1 saturated heterocycles. The van der Waals surface area contributed by atoms with Crippen LogP contribution in [0.25, 0.3) is 0 Å². The van der Waals surface area contributed by atoms with Crippen LogP contribution in [0.1, 0.15) is 44.1 Å². The van der Waals surface area contributed by atoms with Crippen molar-refractivity contribution in [2.75, 3.05) is 40.0 Å². The summed E-state index contributed by atoms with van der Waals surface area (Å²) < 4.78 is 5.58. The summed E-state index contributed by atoms with van der Waals surface area (Å²) >= 11 is 0. The first-order chi connectivity index (χ1) is 12.7. The second-order valence-electron chi connectivity index (χ2n) is 7.91. The van der Waals surface area contributed by atoms with E-state index in [1.54, 1.807) is 0 Å². The molecule has 1 aromatic rings. The topological polar surface area (TPSA) is 65.9 Å². The zero-order valence-electron chi connectivity index (χ0n) is 16.0. The van der Waals surface area contributed by atoms with Crippen LogP contribution in [0.2, 0.25) is 0 Å². The van der Waals surface area contributed by atoms with Gasteiger partial charge in [-0.1, -0.05) is 43.2 Å². The van der Waals surface area contributed by atoms with E-state index in [2.05, 4.69) is 46.0 Å². The predicted molar refractivity (Wildman–Crippen MR) is 106 cm³/mol. The van der Waals surface area contributed by atoms with E-state index in [9.17, 15) is 5.11 Å². The molecule has 2 fully saturated rings. The lowest BCUT2D eigenvalue weighted by Gasteiger charge is -2.32. The molecule has 3 rings (SSSR count). The maximum absolute atomic E-state index is 9.39. The maximum atomic E-state index is 9.39. The SMILES string of the molecule is CN=C(NCC1(CCO)CCOC1)NCC1(c2ccccc2)CCCC1. The van der Waals surface area contributed by atoms with Crippen LogP contribution in [0.3, 0.4) is 0 Å². The molecule has 1 aromatic carbocycles. The summed E-state index contributed by atoms with van der Waals surface area (Å²) in [6.45, 7) is 3.39. The minimum Gasteiger partial charge on any atom is -0.396 e. The zero-order chi connectivity index (χ0) is 18.3. The van der Waals surface area contributed by atoms with Crippen LogP contribution in [-0.4, -0.2) is 51.0 Å². The Balaban J connectivity index is 1.59. The van der Waals surface area contributed by atoms with Gasteiger partial charge in [-0.25, -0.2) is 0 Å². The number of hydrogen-bond acceptors (Lipinski definition) is 3. The quantitative estimate of drug-likeness (QED) is 0.517. The van der Waals surface area contributed by atoms with Gasteiger partial charge in [0.15, 0.2) is 5.96 Å². The highest BCUT2D eigenvalue weighted by atomic mass is 16.5. The van der Waals surface area contributed by atoms with Crippen molar-refractivity contribution in [1.82, 2.24) is 10.6 Å². The lowest BCUT2D eigenvalue weighted by molar-refractivity contribution is 0.127. The van der Waals surface area contributed by atoms with Crippen LogP contribution < -0.4 is 10.6 Å². The molecule has 5 nitrogen and oxygen atoms in total. The number of benzene rings is 1. The van der Waals surface area contributed by atoms with Crippen LogP contribution in [-0.2, 0) is 10.2 Å². The van der Waals surface area contributed by atoms with Crippen LogP contribution in [0.4, 0.5) is 0 Å². The normalized spacial score (nSPS) is 25.4. The monoisotopic (exact) mass is 359 g/mol. The molecular formula is C21H33N3O2. The van der Waals surface area contributed by atoms with Gasteiger partial charge in [0.2, 0.25) is 0 Å². The second-order valence-corrected chi connectivity index (χ2v) is 7.91. The largest absolute Gasteiger partial charge is 0.396 e. The smallest absolute Gasteiger partial charge is 0.191 e. The Bertz CT molecular complexity index is 576. The maximum Gasteiger partial charge on any atom is 0.191 e. The third-order valence-corrected chi connectivity index (χ3v) is 6.22. The number of aliphatic hydroxyl groups is 1. The van der Waals surface area contributed by atoms with E-state index in [-0.39, 0.29) is 17.4 Å². The molecular weight excluding hydrogens is 326 g/mol. The Morgan fingerprint density at radius 3 is 2.46 bits per heavy atom. The Morgan fingerprint density at radius 2 is 1.85 bits per heavy atom. The van der Waals surface area contributed by atoms with Gasteiger partial charge >= 0.3 is 0 Å².